The molecule has 0 aliphatic rings. The molecule has 3 rings (SSSR count). The summed E-state index contributed by atoms with van der Waals surface area (Å²) in [6.07, 6.45) is 0. The Hall–Kier alpha value is -3.82. The van der Waals surface area contributed by atoms with Gasteiger partial charge in [0.25, 0.3) is 5.56 Å². The Morgan fingerprint density at radius 1 is 1.17 bits per heavy atom. The minimum atomic E-state index is -0.916. The molecule has 2 amide bonds. The molecule has 9 nitrogen and oxygen atoms in total. The second kappa shape index (κ2) is 8.68. The average molecular weight is 412 g/mol. The number of rotatable bonds is 5. The molecule has 0 spiro atoms. The lowest BCUT2D eigenvalue weighted by Crippen LogP contribution is -2.35. The number of nitrogens with zero attached hydrogens (tertiary/aromatic N) is 3. The molecular formula is C20H21FN6O3. The zero-order chi connectivity index (χ0) is 21.8. The van der Waals surface area contributed by atoms with Crippen molar-refractivity contribution in [3.63, 3.8) is 0 Å². The van der Waals surface area contributed by atoms with Crippen LogP contribution in [-0.2, 0) is 16.1 Å². The lowest BCUT2D eigenvalue weighted by atomic mass is 10.1. The van der Waals surface area contributed by atoms with Gasteiger partial charge in [0.2, 0.25) is 5.95 Å². The molecule has 0 saturated heterocycles. The maximum Gasteiger partial charge on any atom is 0.314 e. The van der Waals surface area contributed by atoms with Crippen molar-refractivity contribution in [2.45, 2.75) is 33.2 Å². The van der Waals surface area contributed by atoms with Gasteiger partial charge in [0.15, 0.2) is 0 Å². The Bertz CT molecular complexity index is 1130. The summed E-state index contributed by atoms with van der Waals surface area (Å²) in [7, 11) is 0. The van der Waals surface area contributed by atoms with Gasteiger partial charge in [-0.05, 0) is 30.5 Å². The molecule has 0 fully saturated rings. The van der Waals surface area contributed by atoms with Crippen molar-refractivity contribution in [3.05, 3.63) is 69.5 Å². The minimum absolute atomic E-state index is 0.0120. The van der Waals surface area contributed by atoms with Gasteiger partial charge in [-0.2, -0.15) is 9.78 Å². The van der Waals surface area contributed by atoms with Gasteiger partial charge in [0.1, 0.15) is 11.6 Å². The van der Waals surface area contributed by atoms with Crippen LogP contribution in [0.5, 0.6) is 0 Å². The summed E-state index contributed by atoms with van der Waals surface area (Å²) in [6.45, 7) is 5.56. The van der Waals surface area contributed by atoms with Crippen LogP contribution in [0.25, 0.3) is 5.95 Å². The fourth-order valence-corrected chi connectivity index (χ4v) is 2.65. The van der Waals surface area contributed by atoms with E-state index in [-0.39, 0.29) is 35.6 Å². The second-order valence-corrected chi connectivity index (χ2v) is 6.99. The van der Waals surface area contributed by atoms with E-state index in [1.54, 1.807) is 13.0 Å². The highest BCUT2D eigenvalue weighted by molar-refractivity contribution is 6.39. The van der Waals surface area contributed by atoms with Crippen molar-refractivity contribution in [1.29, 1.82) is 0 Å². The summed E-state index contributed by atoms with van der Waals surface area (Å²) in [6, 6.07) is 8.49. The highest BCUT2D eigenvalue weighted by atomic mass is 19.1. The standard InChI is InChI=1S/C20H21FN6O3/c1-11(2)15-9-17(28)25-20(23-15)27-16(8-12(3)26-27)24-19(30)18(29)22-10-13-4-6-14(21)7-5-13/h4-9,11H,10H2,1-3H3,(H,22,29)(H,24,30)(H,23,25,28). The first-order valence-corrected chi connectivity index (χ1v) is 9.25. The fourth-order valence-electron chi connectivity index (χ4n) is 2.65. The Labute approximate surface area is 171 Å². The molecule has 0 unspecified atom stereocenters. The van der Waals surface area contributed by atoms with E-state index in [9.17, 15) is 18.8 Å². The van der Waals surface area contributed by atoms with Crippen LogP contribution in [-0.4, -0.2) is 31.6 Å². The molecule has 0 aliphatic heterocycles. The lowest BCUT2D eigenvalue weighted by molar-refractivity contribution is -0.136. The molecule has 0 saturated carbocycles. The molecule has 2 heterocycles. The number of hydrogen-bond acceptors (Lipinski definition) is 5. The third-order valence-corrected chi connectivity index (χ3v) is 4.19. The van der Waals surface area contributed by atoms with E-state index < -0.39 is 11.8 Å². The van der Waals surface area contributed by atoms with Gasteiger partial charge < -0.3 is 10.6 Å². The summed E-state index contributed by atoms with van der Waals surface area (Å²) in [5, 5.41) is 9.17. The highest BCUT2D eigenvalue weighted by Gasteiger charge is 2.18. The largest absolute Gasteiger partial charge is 0.344 e. The van der Waals surface area contributed by atoms with Crippen LogP contribution in [0.2, 0.25) is 0 Å². The number of nitrogens with one attached hydrogen (secondary N) is 3. The summed E-state index contributed by atoms with van der Waals surface area (Å²) in [5.41, 5.74) is 1.41. The predicted molar refractivity (Wildman–Crippen MR) is 108 cm³/mol. The Kier molecular flexibility index (Phi) is 6.05. The van der Waals surface area contributed by atoms with E-state index in [4.69, 9.17) is 0 Å². The van der Waals surface area contributed by atoms with E-state index in [2.05, 4.69) is 25.7 Å². The van der Waals surface area contributed by atoms with Gasteiger partial charge in [0, 0.05) is 18.7 Å². The highest BCUT2D eigenvalue weighted by Crippen LogP contribution is 2.16. The normalized spacial score (nSPS) is 10.8. The molecule has 0 atom stereocenters. The van der Waals surface area contributed by atoms with Crippen LogP contribution >= 0.6 is 0 Å². The van der Waals surface area contributed by atoms with Gasteiger partial charge in [-0.3, -0.25) is 19.4 Å². The summed E-state index contributed by atoms with van der Waals surface area (Å²) < 4.78 is 14.2. The zero-order valence-electron chi connectivity index (χ0n) is 16.7. The third kappa shape index (κ3) is 4.96. The zero-order valence-corrected chi connectivity index (χ0v) is 16.7. The summed E-state index contributed by atoms with van der Waals surface area (Å²) in [4.78, 5) is 43.4. The van der Waals surface area contributed by atoms with Crippen LogP contribution < -0.4 is 16.2 Å². The molecule has 2 aromatic heterocycles. The number of hydrogen-bond donors (Lipinski definition) is 3. The molecule has 0 radical (unpaired) electrons. The number of anilines is 1. The first-order chi connectivity index (χ1) is 14.2. The van der Waals surface area contributed by atoms with Crippen molar-refractivity contribution in [3.8, 4) is 5.95 Å². The SMILES string of the molecule is Cc1cc(NC(=O)C(=O)NCc2ccc(F)cc2)n(-c2nc(C(C)C)cc(=O)[nH]2)n1. The number of aryl methyl sites for hydroxylation is 1. The molecule has 30 heavy (non-hydrogen) atoms. The van der Waals surface area contributed by atoms with E-state index in [0.29, 0.717) is 17.0 Å². The van der Waals surface area contributed by atoms with Crippen molar-refractivity contribution in [1.82, 2.24) is 25.1 Å². The molecule has 0 aliphatic carbocycles. The number of amides is 2. The van der Waals surface area contributed by atoms with Crippen molar-refractivity contribution < 1.29 is 14.0 Å². The molecule has 3 N–H and O–H groups in total. The molecule has 156 valence electrons. The van der Waals surface area contributed by atoms with Gasteiger partial charge in [0.05, 0.1) is 11.4 Å². The van der Waals surface area contributed by atoms with Crippen LogP contribution in [0, 0.1) is 12.7 Å². The van der Waals surface area contributed by atoms with E-state index >= 15 is 0 Å². The van der Waals surface area contributed by atoms with Gasteiger partial charge in [-0.25, -0.2) is 9.37 Å². The average Bonchev–Trinajstić information content (AvgIpc) is 3.06. The number of aromatic amines is 1. The quantitative estimate of drug-likeness (QED) is 0.552. The van der Waals surface area contributed by atoms with Gasteiger partial charge in [-0.15, -0.1) is 0 Å². The fraction of sp³-hybridized carbons (Fsp3) is 0.250. The maximum absolute atomic E-state index is 12.9. The number of aromatic nitrogens is 4. The van der Waals surface area contributed by atoms with E-state index in [1.807, 2.05) is 13.8 Å². The monoisotopic (exact) mass is 412 g/mol. The third-order valence-electron chi connectivity index (χ3n) is 4.19. The Morgan fingerprint density at radius 2 is 1.87 bits per heavy atom. The lowest BCUT2D eigenvalue weighted by Gasteiger charge is -2.10. The number of carbonyl (C=O) groups is 2. The topological polar surface area (TPSA) is 122 Å². The minimum Gasteiger partial charge on any atom is -0.344 e. The first-order valence-electron chi connectivity index (χ1n) is 9.25. The van der Waals surface area contributed by atoms with Gasteiger partial charge >= 0.3 is 11.8 Å². The molecule has 3 aromatic rings. The van der Waals surface area contributed by atoms with Crippen molar-refractivity contribution >= 4 is 17.6 Å². The first kappa shape index (κ1) is 20.9. The molecule has 0 bridgehead atoms. The van der Waals surface area contributed by atoms with E-state index in [0.717, 1.165) is 0 Å². The van der Waals surface area contributed by atoms with Crippen LogP contribution in [0.1, 0.15) is 36.7 Å². The number of carbonyl (C=O) groups excluding carboxylic acids is 2. The molecule has 1 aromatic carbocycles. The van der Waals surface area contributed by atoms with Crippen LogP contribution in [0.15, 0.2) is 41.2 Å². The number of H-pyrrole nitrogens is 1. The summed E-state index contributed by atoms with van der Waals surface area (Å²) >= 11 is 0. The maximum atomic E-state index is 12.9. The van der Waals surface area contributed by atoms with E-state index in [1.165, 1.54) is 35.0 Å². The second-order valence-electron chi connectivity index (χ2n) is 6.99. The van der Waals surface area contributed by atoms with Crippen molar-refractivity contribution in [2.75, 3.05) is 5.32 Å². The Balaban J connectivity index is 1.76. The summed E-state index contributed by atoms with van der Waals surface area (Å²) in [5.74, 6) is -1.86. The Morgan fingerprint density at radius 3 is 2.53 bits per heavy atom. The van der Waals surface area contributed by atoms with Crippen LogP contribution in [0.4, 0.5) is 10.2 Å². The number of halogens is 1. The van der Waals surface area contributed by atoms with Crippen molar-refractivity contribution in [2.24, 2.45) is 0 Å². The molecule has 10 heteroatoms. The number of benzene rings is 1. The van der Waals surface area contributed by atoms with Gasteiger partial charge in [-0.1, -0.05) is 26.0 Å². The van der Waals surface area contributed by atoms with Crippen LogP contribution in [0.3, 0.4) is 0 Å². The molecular weight excluding hydrogens is 391 g/mol. The predicted octanol–water partition coefficient (Wildman–Crippen LogP) is 1.78. The smallest absolute Gasteiger partial charge is 0.314 e.